The molecule has 0 unspecified atom stereocenters. The topological polar surface area (TPSA) is 64.3 Å². The van der Waals surface area contributed by atoms with Crippen LogP contribution in [0.1, 0.15) is 44.1 Å². The lowest BCUT2D eigenvalue weighted by Crippen LogP contribution is -2.37. The molecule has 1 saturated carbocycles. The molecule has 0 aromatic heterocycles. The number of ether oxygens (including phenoxy) is 1. The van der Waals surface area contributed by atoms with E-state index in [4.69, 9.17) is 10.5 Å². The van der Waals surface area contributed by atoms with Gasteiger partial charge in [0, 0.05) is 10.5 Å². The summed E-state index contributed by atoms with van der Waals surface area (Å²) in [5.74, 6) is 0.526. The van der Waals surface area contributed by atoms with Crippen LogP contribution in [0, 0.1) is 6.92 Å². The average Bonchev–Trinajstić information content (AvgIpc) is 2.66. The van der Waals surface area contributed by atoms with Crippen LogP contribution in [0.2, 0.25) is 0 Å². The van der Waals surface area contributed by atoms with Crippen molar-refractivity contribution in [2.45, 2.75) is 51.5 Å². The number of nitrogens with one attached hydrogen (secondary N) is 1. The molecule has 1 amide bonds. The molecule has 0 saturated heterocycles. The van der Waals surface area contributed by atoms with E-state index in [1.165, 1.54) is 25.7 Å². The number of nitrogens with two attached hydrogens (primary N) is 1. The Morgan fingerprint density at radius 3 is 2.62 bits per heavy atom. The molecule has 4 nitrogen and oxygen atoms in total. The third kappa shape index (κ3) is 4.92. The first-order valence-corrected chi connectivity index (χ1v) is 8.33. The van der Waals surface area contributed by atoms with E-state index in [1.54, 1.807) is 6.07 Å². The van der Waals surface area contributed by atoms with Gasteiger partial charge in [-0.3, -0.25) is 4.79 Å². The Balaban J connectivity index is 1.86. The smallest absolute Gasteiger partial charge is 0.258 e. The van der Waals surface area contributed by atoms with Crippen LogP contribution in [0.15, 0.2) is 16.6 Å². The van der Waals surface area contributed by atoms with Gasteiger partial charge in [-0.05, 0) is 37.5 Å². The molecular weight excluding hydrogens is 332 g/mol. The Morgan fingerprint density at radius 2 is 2.00 bits per heavy atom. The van der Waals surface area contributed by atoms with Crippen LogP contribution in [0.4, 0.5) is 5.69 Å². The van der Waals surface area contributed by atoms with Crippen molar-refractivity contribution < 1.29 is 9.53 Å². The zero-order chi connectivity index (χ0) is 15.2. The number of anilines is 1. The second-order valence-electron chi connectivity index (χ2n) is 5.69. The first kappa shape index (κ1) is 16.1. The van der Waals surface area contributed by atoms with E-state index in [0.717, 1.165) is 22.9 Å². The molecule has 116 valence electrons. The van der Waals surface area contributed by atoms with Crippen molar-refractivity contribution in [1.82, 2.24) is 5.32 Å². The lowest BCUT2D eigenvalue weighted by atomic mass is 10.1. The first-order chi connectivity index (χ1) is 10.1. The second-order valence-corrected chi connectivity index (χ2v) is 6.60. The summed E-state index contributed by atoms with van der Waals surface area (Å²) < 4.78 is 6.51. The van der Waals surface area contributed by atoms with Gasteiger partial charge < -0.3 is 15.8 Å². The lowest BCUT2D eigenvalue weighted by molar-refractivity contribution is -0.123. The zero-order valence-corrected chi connectivity index (χ0v) is 14.0. The highest BCUT2D eigenvalue weighted by atomic mass is 79.9. The van der Waals surface area contributed by atoms with Crippen molar-refractivity contribution in [2.75, 3.05) is 12.3 Å². The molecule has 0 atom stereocenters. The fourth-order valence-electron chi connectivity index (χ4n) is 2.78. The molecule has 5 heteroatoms. The molecule has 1 fully saturated rings. The predicted molar refractivity (Wildman–Crippen MR) is 88.4 cm³/mol. The van der Waals surface area contributed by atoms with E-state index in [1.807, 2.05) is 13.0 Å². The monoisotopic (exact) mass is 354 g/mol. The maximum Gasteiger partial charge on any atom is 0.258 e. The van der Waals surface area contributed by atoms with E-state index in [9.17, 15) is 4.79 Å². The van der Waals surface area contributed by atoms with Crippen molar-refractivity contribution in [1.29, 1.82) is 0 Å². The van der Waals surface area contributed by atoms with Crippen molar-refractivity contribution in [3.05, 3.63) is 22.2 Å². The van der Waals surface area contributed by atoms with Crippen molar-refractivity contribution in [2.24, 2.45) is 0 Å². The molecule has 1 aromatic carbocycles. The Kier molecular flexibility index (Phi) is 5.91. The summed E-state index contributed by atoms with van der Waals surface area (Å²) in [6.07, 6.45) is 7.10. The van der Waals surface area contributed by atoms with Crippen molar-refractivity contribution in [3.8, 4) is 5.75 Å². The standard InChI is InChI=1S/C16H23BrN2O2/c1-11-8-12(17)9-14(18)16(11)21-10-15(20)19-13-6-4-2-3-5-7-13/h8-9,13H,2-7,10,18H2,1H3,(H,19,20). The molecule has 21 heavy (non-hydrogen) atoms. The first-order valence-electron chi connectivity index (χ1n) is 7.54. The molecular formula is C16H23BrN2O2. The minimum Gasteiger partial charge on any atom is -0.481 e. The Labute approximate surface area is 134 Å². The molecule has 0 aliphatic heterocycles. The maximum absolute atomic E-state index is 12.0. The highest BCUT2D eigenvalue weighted by Crippen LogP contribution is 2.30. The second kappa shape index (κ2) is 7.69. The van der Waals surface area contributed by atoms with Gasteiger partial charge in [0.05, 0.1) is 5.69 Å². The largest absolute Gasteiger partial charge is 0.481 e. The van der Waals surface area contributed by atoms with Gasteiger partial charge >= 0.3 is 0 Å². The molecule has 3 N–H and O–H groups in total. The molecule has 0 bridgehead atoms. The number of nitrogen functional groups attached to an aromatic ring is 1. The normalized spacial score (nSPS) is 16.3. The lowest BCUT2D eigenvalue weighted by Gasteiger charge is -2.17. The van der Waals surface area contributed by atoms with Crippen LogP contribution in [-0.2, 0) is 4.79 Å². The number of hydrogen-bond donors (Lipinski definition) is 2. The van der Waals surface area contributed by atoms with Crippen LogP contribution in [0.25, 0.3) is 0 Å². The minimum atomic E-state index is -0.0661. The molecule has 0 radical (unpaired) electrons. The van der Waals surface area contributed by atoms with E-state index >= 15 is 0 Å². The summed E-state index contributed by atoms with van der Waals surface area (Å²) >= 11 is 3.39. The molecule has 1 aliphatic carbocycles. The summed E-state index contributed by atoms with van der Waals surface area (Å²) in [4.78, 5) is 12.0. The highest BCUT2D eigenvalue weighted by molar-refractivity contribution is 9.10. The summed E-state index contributed by atoms with van der Waals surface area (Å²) in [6.45, 7) is 1.93. The molecule has 0 spiro atoms. The van der Waals surface area contributed by atoms with Crippen LogP contribution >= 0.6 is 15.9 Å². The SMILES string of the molecule is Cc1cc(Br)cc(N)c1OCC(=O)NC1CCCCCC1. The number of carbonyl (C=O) groups is 1. The van der Waals surface area contributed by atoms with Gasteiger partial charge in [0.15, 0.2) is 6.61 Å². The molecule has 2 rings (SSSR count). The number of hydrogen-bond acceptors (Lipinski definition) is 3. The van der Waals surface area contributed by atoms with Crippen LogP contribution in [0.5, 0.6) is 5.75 Å². The molecule has 0 heterocycles. The fraction of sp³-hybridized carbons (Fsp3) is 0.562. The number of rotatable bonds is 4. The van der Waals surface area contributed by atoms with E-state index in [-0.39, 0.29) is 12.5 Å². The fourth-order valence-corrected chi connectivity index (χ4v) is 3.37. The molecule has 1 aromatic rings. The van der Waals surface area contributed by atoms with Gasteiger partial charge in [-0.1, -0.05) is 41.6 Å². The summed E-state index contributed by atoms with van der Waals surface area (Å²) in [6, 6.07) is 4.01. The predicted octanol–water partition coefficient (Wildman–Crippen LogP) is 3.56. The average molecular weight is 355 g/mol. The van der Waals surface area contributed by atoms with Gasteiger partial charge in [0.1, 0.15) is 5.75 Å². The third-order valence-electron chi connectivity index (χ3n) is 3.84. The van der Waals surface area contributed by atoms with Gasteiger partial charge in [0.25, 0.3) is 5.91 Å². The number of benzene rings is 1. The van der Waals surface area contributed by atoms with E-state index in [2.05, 4.69) is 21.2 Å². The van der Waals surface area contributed by atoms with Gasteiger partial charge in [0.2, 0.25) is 0 Å². The number of amides is 1. The number of halogens is 1. The van der Waals surface area contributed by atoms with E-state index in [0.29, 0.717) is 17.5 Å². The van der Waals surface area contributed by atoms with Gasteiger partial charge in [-0.25, -0.2) is 0 Å². The maximum atomic E-state index is 12.0. The van der Waals surface area contributed by atoms with Gasteiger partial charge in [-0.2, -0.15) is 0 Å². The zero-order valence-electron chi connectivity index (χ0n) is 12.5. The van der Waals surface area contributed by atoms with Crippen molar-refractivity contribution >= 4 is 27.5 Å². The van der Waals surface area contributed by atoms with Crippen LogP contribution < -0.4 is 15.8 Å². The Bertz CT molecular complexity index is 474. The highest BCUT2D eigenvalue weighted by Gasteiger charge is 2.15. The molecule has 1 aliphatic rings. The number of aryl methyl sites for hydroxylation is 1. The quantitative estimate of drug-likeness (QED) is 0.641. The van der Waals surface area contributed by atoms with Crippen LogP contribution in [0.3, 0.4) is 0 Å². The van der Waals surface area contributed by atoms with Gasteiger partial charge in [-0.15, -0.1) is 0 Å². The summed E-state index contributed by atoms with van der Waals surface area (Å²) in [5, 5.41) is 3.07. The van der Waals surface area contributed by atoms with Crippen molar-refractivity contribution in [3.63, 3.8) is 0 Å². The minimum absolute atomic E-state index is 0.0170. The van der Waals surface area contributed by atoms with Crippen LogP contribution in [-0.4, -0.2) is 18.6 Å². The number of carbonyl (C=O) groups excluding carboxylic acids is 1. The third-order valence-corrected chi connectivity index (χ3v) is 4.29. The van der Waals surface area contributed by atoms with E-state index < -0.39 is 0 Å². The Hall–Kier alpha value is -1.23. The Morgan fingerprint density at radius 1 is 1.33 bits per heavy atom. The summed E-state index contributed by atoms with van der Waals surface area (Å²) in [5.41, 5.74) is 7.39. The summed E-state index contributed by atoms with van der Waals surface area (Å²) in [7, 11) is 0.